The van der Waals surface area contributed by atoms with Crippen LogP contribution in [0.3, 0.4) is 0 Å². The fourth-order valence-electron chi connectivity index (χ4n) is 4.22. The molecule has 2 aliphatic rings. The molecule has 0 bridgehead atoms. The van der Waals surface area contributed by atoms with Gasteiger partial charge < -0.3 is 20.4 Å². The molecular formula is C23H33N7O5S2. The molecule has 14 heteroatoms. The molecule has 0 saturated carbocycles. The van der Waals surface area contributed by atoms with Crippen molar-refractivity contribution in [3.8, 4) is 0 Å². The number of aromatic nitrogens is 2. The van der Waals surface area contributed by atoms with E-state index < -0.39 is 26.0 Å². The predicted molar refractivity (Wildman–Crippen MR) is 147 cm³/mol. The normalized spacial score (nSPS) is 20.9. The van der Waals surface area contributed by atoms with Crippen LogP contribution in [0.15, 0.2) is 30.3 Å². The number of piperidine rings is 1. The minimum atomic E-state index is -3.34. The van der Waals surface area contributed by atoms with Crippen LogP contribution >= 0.6 is 10.7 Å². The molecule has 2 aliphatic heterocycles. The lowest BCUT2D eigenvalue weighted by Crippen LogP contribution is -2.35. The van der Waals surface area contributed by atoms with E-state index in [-0.39, 0.29) is 18.4 Å². The van der Waals surface area contributed by atoms with E-state index >= 15 is 0 Å². The van der Waals surface area contributed by atoms with E-state index in [1.54, 1.807) is 21.9 Å². The maximum atomic E-state index is 11.7. The molecule has 3 heterocycles. The van der Waals surface area contributed by atoms with Crippen molar-refractivity contribution in [3.05, 3.63) is 35.9 Å². The number of carboxylic acid groups (broad SMARTS) is 1. The van der Waals surface area contributed by atoms with E-state index in [2.05, 4.69) is 30.3 Å². The number of hydrogen-bond acceptors (Lipinski definition) is 10. The molecule has 0 aliphatic carbocycles. The molecule has 2 atom stereocenters. The fraction of sp³-hybridized carbons (Fsp3) is 0.478. The van der Waals surface area contributed by atoms with E-state index in [0.29, 0.717) is 30.5 Å². The zero-order chi connectivity index (χ0) is 26.6. The van der Waals surface area contributed by atoms with Crippen molar-refractivity contribution in [3.63, 3.8) is 0 Å². The number of nitrogens with one attached hydrogen (secondary N) is 3. The molecule has 4 rings (SSSR count). The summed E-state index contributed by atoms with van der Waals surface area (Å²) in [5.74, 6) is 1.99. The second-order valence-electron chi connectivity index (χ2n) is 9.34. The molecule has 1 aromatic heterocycles. The monoisotopic (exact) mass is 551 g/mol. The summed E-state index contributed by atoms with van der Waals surface area (Å²) in [4.78, 5) is 23.1. The summed E-state index contributed by atoms with van der Waals surface area (Å²) < 4.78 is 27.0. The third-order valence-corrected chi connectivity index (χ3v) is 8.50. The largest absolute Gasteiger partial charge is 0.473 e. The van der Waals surface area contributed by atoms with Crippen LogP contribution in [0, 0.1) is 11.8 Å². The van der Waals surface area contributed by atoms with Gasteiger partial charge in [-0.15, -0.1) is 0 Å². The first kappa shape index (κ1) is 27.1. The summed E-state index contributed by atoms with van der Waals surface area (Å²) in [6.07, 6.45) is 2.83. The zero-order valence-corrected chi connectivity index (χ0v) is 22.4. The number of hydrazine groups is 1. The van der Waals surface area contributed by atoms with Crippen molar-refractivity contribution in [2.24, 2.45) is 11.8 Å². The Morgan fingerprint density at radius 3 is 2.51 bits per heavy atom. The van der Waals surface area contributed by atoms with Crippen molar-refractivity contribution in [2.75, 3.05) is 52.9 Å². The molecule has 5 N–H and O–H groups in total. The molecule has 202 valence electrons. The van der Waals surface area contributed by atoms with Crippen LogP contribution < -0.4 is 20.4 Å². The van der Waals surface area contributed by atoms with Gasteiger partial charge in [-0.1, -0.05) is 19.1 Å². The summed E-state index contributed by atoms with van der Waals surface area (Å²) in [5.41, 5.74) is 4.52. The third kappa shape index (κ3) is 7.53. The summed E-state index contributed by atoms with van der Waals surface area (Å²) in [7, 11) is -4.44. The Kier molecular flexibility index (Phi) is 8.52. The maximum Gasteiger partial charge on any atom is 0.374 e. The Morgan fingerprint density at radius 2 is 1.89 bits per heavy atom. The lowest BCUT2D eigenvalue weighted by molar-refractivity contribution is 0.203. The summed E-state index contributed by atoms with van der Waals surface area (Å²) in [6, 6.07) is 8.89. The Balaban J connectivity index is 1.52. The van der Waals surface area contributed by atoms with Gasteiger partial charge >= 0.3 is 5.30 Å². The summed E-state index contributed by atoms with van der Waals surface area (Å²) >= 11 is 0. The average molecular weight is 552 g/mol. The number of rotatable bonds is 9. The average Bonchev–Trinajstić information content (AvgIpc) is 3.22. The number of aliphatic hydroxyl groups excluding tert-OH is 1. The zero-order valence-electron chi connectivity index (χ0n) is 20.8. The highest BCUT2D eigenvalue weighted by Crippen LogP contribution is 2.30. The minimum Gasteiger partial charge on any atom is -0.473 e. The van der Waals surface area contributed by atoms with Gasteiger partial charge in [-0.2, -0.15) is 14.4 Å². The van der Waals surface area contributed by atoms with Crippen LogP contribution in [0.5, 0.6) is 0 Å². The number of sulfonamides is 1. The van der Waals surface area contributed by atoms with Gasteiger partial charge in [0.15, 0.2) is 0 Å². The van der Waals surface area contributed by atoms with Gasteiger partial charge in [0.2, 0.25) is 16.0 Å². The second-order valence-corrected chi connectivity index (χ2v) is 12.8. The number of carbonyl (C=O) groups is 1. The number of anilines is 4. The van der Waals surface area contributed by atoms with Crippen LogP contribution in [0.1, 0.15) is 25.3 Å². The SMILES string of the molecule is CC1C=S(C(=O)O)N(Nc2nc(NCc3ccc(NS(C)(=O)=O)cc3)cc(N3CCC(CO)CC3)n2)C1. The first-order valence-corrected chi connectivity index (χ1v) is 15.1. The maximum absolute atomic E-state index is 11.7. The first-order chi connectivity index (χ1) is 17.6. The lowest BCUT2D eigenvalue weighted by Gasteiger charge is -2.32. The topological polar surface area (TPSA) is 160 Å². The minimum absolute atomic E-state index is 0.116. The number of benzene rings is 1. The van der Waals surface area contributed by atoms with Crippen LogP contribution in [0.25, 0.3) is 0 Å². The lowest BCUT2D eigenvalue weighted by atomic mass is 9.98. The standard InChI is InChI=1S/C23H33N7O5S2/c1-16-13-30(36(15-16)23(32)33)27-22-25-20(11-21(26-22)29-9-7-18(14-31)8-10-29)24-12-17-3-5-19(6-4-17)28-37(2,34)35/h3-6,11,15-16,18,28,31H,7-10,12-14H2,1-2H3,(H,32,33)(H2,24,25,26,27). The molecule has 0 amide bonds. The van der Waals surface area contributed by atoms with Crippen molar-refractivity contribution in [1.82, 2.24) is 14.4 Å². The molecule has 0 spiro atoms. The van der Waals surface area contributed by atoms with Crippen molar-refractivity contribution in [2.45, 2.75) is 26.3 Å². The van der Waals surface area contributed by atoms with Gasteiger partial charge in [0.25, 0.3) is 0 Å². The molecule has 0 radical (unpaired) electrons. The third-order valence-electron chi connectivity index (χ3n) is 6.10. The molecule has 1 fully saturated rings. The number of nitrogens with zero attached hydrogens (tertiary/aromatic N) is 4. The van der Waals surface area contributed by atoms with Gasteiger partial charge in [0, 0.05) is 55.2 Å². The number of aliphatic hydroxyl groups is 1. The highest BCUT2D eigenvalue weighted by molar-refractivity contribution is 8.25. The highest BCUT2D eigenvalue weighted by Gasteiger charge is 2.27. The molecule has 37 heavy (non-hydrogen) atoms. The van der Waals surface area contributed by atoms with E-state index in [4.69, 9.17) is 0 Å². The Hall–Kier alpha value is -2.94. The second kappa shape index (κ2) is 11.6. The fourth-order valence-corrected chi connectivity index (χ4v) is 6.33. The Bertz CT molecular complexity index is 1250. The van der Waals surface area contributed by atoms with Crippen LogP contribution in [-0.2, 0) is 16.6 Å². The summed E-state index contributed by atoms with van der Waals surface area (Å²) in [5, 5.41) is 23.3. The van der Waals surface area contributed by atoms with E-state index in [0.717, 1.165) is 43.6 Å². The Labute approximate surface area is 219 Å². The Morgan fingerprint density at radius 1 is 1.19 bits per heavy atom. The van der Waals surface area contributed by atoms with E-state index in [9.17, 15) is 23.4 Å². The molecule has 2 unspecified atom stereocenters. The first-order valence-electron chi connectivity index (χ1n) is 12.0. The van der Waals surface area contributed by atoms with E-state index in [1.165, 1.54) is 0 Å². The predicted octanol–water partition coefficient (Wildman–Crippen LogP) is 2.61. The van der Waals surface area contributed by atoms with Crippen molar-refractivity contribution in [1.29, 1.82) is 0 Å². The van der Waals surface area contributed by atoms with Gasteiger partial charge in [-0.3, -0.25) is 10.1 Å². The van der Waals surface area contributed by atoms with Crippen LogP contribution in [0.4, 0.5) is 28.1 Å². The van der Waals surface area contributed by atoms with Crippen LogP contribution in [0.2, 0.25) is 0 Å². The molecule has 12 nitrogen and oxygen atoms in total. The van der Waals surface area contributed by atoms with Gasteiger partial charge in [-0.05, 0) is 47.7 Å². The molecule has 1 saturated heterocycles. The van der Waals surface area contributed by atoms with E-state index in [1.807, 2.05) is 25.1 Å². The molecule has 2 aromatic rings. The van der Waals surface area contributed by atoms with Gasteiger partial charge in [0.05, 0.1) is 6.26 Å². The summed E-state index contributed by atoms with van der Waals surface area (Å²) in [6.45, 7) is 4.62. The van der Waals surface area contributed by atoms with Gasteiger partial charge in [-0.25, -0.2) is 13.2 Å². The number of hydrogen-bond donors (Lipinski definition) is 5. The molecule has 1 aromatic carbocycles. The quantitative estimate of drug-likeness (QED) is 0.291. The van der Waals surface area contributed by atoms with Crippen LogP contribution in [-0.4, -0.2) is 76.2 Å². The van der Waals surface area contributed by atoms with Gasteiger partial charge in [0.1, 0.15) is 11.6 Å². The van der Waals surface area contributed by atoms with Crippen molar-refractivity contribution < 1.29 is 23.4 Å². The molecular weight excluding hydrogens is 518 g/mol. The van der Waals surface area contributed by atoms with Crippen molar-refractivity contribution >= 4 is 54.6 Å². The highest BCUT2D eigenvalue weighted by atomic mass is 32.2. The smallest absolute Gasteiger partial charge is 0.374 e.